The van der Waals surface area contributed by atoms with Crippen LogP contribution in [0.5, 0.6) is 0 Å². The van der Waals surface area contributed by atoms with E-state index in [1.54, 1.807) is 26.0 Å². The average Bonchev–Trinajstić information content (AvgIpc) is 3.58. The largest absolute Gasteiger partial charge is 0.464 e. The van der Waals surface area contributed by atoms with Crippen molar-refractivity contribution in [2.75, 3.05) is 15.8 Å². The first-order chi connectivity index (χ1) is 18.7. The molecule has 0 bridgehead atoms. The van der Waals surface area contributed by atoms with E-state index in [1.807, 2.05) is 6.07 Å². The molecule has 4 N–H and O–H groups in total. The number of nitrogens with zero attached hydrogens (tertiary/aromatic N) is 4. The number of nitrogens with two attached hydrogens (primary N) is 1. The summed E-state index contributed by atoms with van der Waals surface area (Å²) in [6.07, 6.45) is 1.78. The molecule has 1 unspecified atom stereocenters. The summed E-state index contributed by atoms with van der Waals surface area (Å²) in [7, 11) is -3.92. The Morgan fingerprint density at radius 2 is 1.90 bits per heavy atom. The lowest BCUT2D eigenvalue weighted by molar-refractivity contribution is -0.115. The van der Waals surface area contributed by atoms with Crippen molar-refractivity contribution < 1.29 is 22.2 Å². The number of pyridine rings is 1. The predicted molar refractivity (Wildman–Crippen MR) is 143 cm³/mol. The van der Waals surface area contributed by atoms with E-state index >= 15 is 0 Å². The number of nitriles is 2. The molecular weight excluding hydrogens is 542 g/mol. The Morgan fingerprint density at radius 3 is 2.46 bits per heavy atom. The number of anilines is 3. The molecule has 0 spiro atoms. The van der Waals surface area contributed by atoms with Crippen LogP contribution in [0, 0.1) is 29.6 Å². The molecule has 0 aliphatic carbocycles. The minimum atomic E-state index is -3.92. The fourth-order valence-corrected chi connectivity index (χ4v) is 5.56. The van der Waals surface area contributed by atoms with Crippen LogP contribution >= 0.6 is 11.8 Å². The highest BCUT2D eigenvalue weighted by atomic mass is 32.2. The van der Waals surface area contributed by atoms with Crippen molar-refractivity contribution in [2.45, 2.75) is 35.4 Å². The summed E-state index contributed by atoms with van der Waals surface area (Å²) in [5, 5.41) is 25.3. The number of aryl methyl sites for hydroxylation is 1. The summed E-state index contributed by atoms with van der Waals surface area (Å²) in [6, 6.07) is 14.3. The molecule has 0 radical (unpaired) electrons. The average molecular weight is 564 g/mol. The molecule has 0 aliphatic rings. The van der Waals surface area contributed by atoms with Gasteiger partial charge in [-0.25, -0.2) is 13.4 Å². The van der Waals surface area contributed by atoms with Crippen molar-refractivity contribution in [1.82, 2.24) is 10.1 Å². The minimum Gasteiger partial charge on any atom is -0.464 e. The number of hydrogen-bond acceptors (Lipinski definition) is 11. The number of hydrogen-bond donors (Lipinski definition) is 3. The second-order valence-electron chi connectivity index (χ2n) is 8.08. The van der Waals surface area contributed by atoms with Crippen LogP contribution in [0.1, 0.15) is 30.2 Å². The normalized spacial score (nSPS) is 11.8. The summed E-state index contributed by atoms with van der Waals surface area (Å²) in [5.74, 6) is 0.290. The Hall–Kier alpha value is -4.79. The summed E-state index contributed by atoms with van der Waals surface area (Å²) < 4.78 is 37.8. The van der Waals surface area contributed by atoms with Gasteiger partial charge in [0.1, 0.15) is 40.1 Å². The third-order valence-electron chi connectivity index (χ3n) is 5.40. The monoisotopic (exact) mass is 563 g/mol. The highest BCUT2D eigenvalue weighted by Crippen LogP contribution is 2.38. The van der Waals surface area contributed by atoms with Crippen molar-refractivity contribution in [2.24, 2.45) is 0 Å². The first-order valence-electron chi connectivity index (χ1n) is 11.4. The Kier molecular flexibility index (Phi) is 7.90. The Bertz CT molecular complexity index is 1700. The highest BCUT2D eigenvalue weighted by Gasteiger charge is 2.26. The van der Waals surface area contributed by atoms with Gasteiger partial charge in [-0.2, -0.15) is 10.5 Å². The molecular formula is C25H21N7O5S2. The molecule has 1 amide bonds. The fraction of sp³-hybridized carbons (Fsp3) is 0.160. The number of aromatic nitrogens is 2. The number of carbonyl (C=O) groups excluding carboxylic acids is 1. The van der Waals surface area contributed by atoms with Crippen LogP contribution in [0.15, 0.2) is 67.6 Å². The lowest BCUT2D eigenvalue weighted by Gasteiger charge is -2.17. The summed E-state index contributed by atoms with van der Waals surface area (Å²) in [5.41, 5.74) is 6.66. The van der Waals surface area contributed by atoms with Crippen LogP contribution in [0.25, 0.3) is 11.3 Å². The van der Waals surface area contributed by atoms with Gasteiger partial charge < -0.3 is 20.0 Å². The van der Waals surface area contributed by atoms with Gasteiger partial charge in [0.2, 0.25) is 5.91 Å². The molecule has 4 rings (SSSR count). The topological polar surface area (TPSA) is 201 Å². The Balaban J connectivity index is 1.53. The van der Waals surface area contributed by atoms with E-state index in [-0.39, 0.29) is 44.0 Å². The van der Waals surface area contributed by atoms with Crippen molar-refractivity contribution in [3.63, 3.8) is 0 Å². The zero-order valence-electron chi connectivity index (χ0n) is 20.6. The molecule has 0 saturated heterocycles. The van der Waals surface area contributed by atoms with Crippen molar-refractivity contribution in [3.8, 4) is 23.5 Å². The van der Waals surface area contributed by atoms with Gasteiger partial charge >= 0.3 is 0 Å². The van der Waals surface area contributed by atoms with E-state index in [4.69, 9.17) is 14.7 Å². The van der Waals surface area contributed by atoms with Gasteiger partial charge in [0.25, 0.3) is 10.0 Å². The van der Waals surface area contributed by atoms with Crippen LogP contribution in [0.4, 0.5) is 17.3 Å². The molecule has 198 valence electrons. The molecule has 1 atom stereocenters. The van der Waals surface area contributed by atoms with E-state index in [9.17, 15) is 23.7 Å². The van der Waals surface area contributed by atoms with E-state index in [1.165, 1.54) is 36.6 Å². The number of carbonyl (C=O) groups is 1. The molecule has 3 aromatic heterocycles. The van der Waals surface area contributed by atoms with Crippen LogP contribution in [-0.2, 0) is 14.8 Å². The number of amides is 1. The lowest BCUT2D eigenvalue weighted by Crippen LogP contribution is -2.25. The molecule has 14 heteroatoms. The summed E-state index contributed by atoms with van der Waals surface area (Å²) in [4.78, 5) is 17.3. The third-order valence-corrected chi connectivity index (χ3v) is 8.12. The second-order valence-corrected chi connectivity index (χ2v) is 11.0. The Labute approximate surface area is 227 Å². The second kappa shape index (κ2) is 11.3. The zero-order chi connectivity index (χ0) is 28.2. The van der Waals surface area contributed by atoms with Gasteiger partial charge in [-0.3, -0.25) is 9.52 Å². The maximum atomic E-state index is 13.1. The maximum absolute atomic E-state index is 13.1. The molecule has 0 saturated carbocycles. The molecule has 39 heavy (non-hydrogen) atoms. The van der Waals surface area contributed by atoms with E-state index < -0.39 is 21.2 Å². The highest BCUT2D eigenvalue weighted by molar-refractivity contribution is 8.00. The molecule has 0 fully saturated rings. The third kappa shape index (κ3) is 5.87. The Morgan fingerprint density at radius 1 is 1.18 bits per heavy atom. The molecule has 0 aliphatic heterocycles. The van der Waals surface area contributed by atoms with Gasteiger partial charge in [0.05, 0.1) is 27.5 Å². The van der Waals surface area contributed by atoms with Crippen molar-refractivity contribution >= 4 is 45.0 Å². The number of rotatable bonds is 9. The SMILES string of the molecule is CCC(Sc1nc(N)c(C#N)c(-c2ccco2)c1C#N)C(=O)Nc1ccc(S(=O)(=O)Nc2cc(C)on2)cc1. The standard InChI is InChI=1S/C25H21N7O5S2/c1-3-20(38-25-18(13-27)22(19-5-4-10-36-19)17(12-26)23(28)30-25)24(33)29-15-6-8-16(9-7-15)39(34,35)32-21-11-14(2)37-31-21/h4-11,20H,3H2,1-2H3,(H2,28,30)(H,29,33)(H,31,32). The number of benzene rings is 1. The van der Waals surface area contributed by atoms with Gasteiger partial charge in [-0.1, -0.05) is 23.8 Å². The smallest absolute Gasteiger partial charge is 0.263 e. The van der Waals surface area contributed by atoms with Crippen LogP contribution in [-0.4, -0.2) is 29.7 Å². The maximum Gasteiger partial charge on any atom is 0.263 e. The zero-order valence-corrected chi connectivity index (χ0v) is 22.3. The predicted octanol–water partition coefficient (Wildman–Crippen LogP) is 4.27. The minimum absolute atomic E-state index is 0.00608. The van der Waals surface area contributed by atoms with E-state index in [0.29, 0.717) is 17.9 Å². The lowest BCUT2D eigenvalue weighted by atomic mass is 10.0. The van der Waals surface area contributed by atoms with Crippen molar-refractivity contribution in [1.29, 1.82) is 10.5 Å². The molecule has 1 aromatic carbocycles. The van der Waals surface area contributed by atoms with Crippen molar-refractivity contribution in [3.05, 3.63) is 65.6 Å². The van der Waals surface area contributed by atoms with E-state index in [0.717, 1.165) is 11.8 Å². The quantitative estimate of drug-likeness (QED) is 0.245. The van der Waals surface area contributed by atoms with Gasteiger partial charge in [0, 0.05) is 11.8 Å². The summed E-state index contributed by atoms with van der Waals surface area (Å²) >= 11 is 1.02. The van der Waals surface area contributed by atoms with Crippen LogP contribution in [0.3, 0.4) is 0 Å². The van der Waals surface area contributed by atoms with E-state index in [2.05, 4.69) is 26.2 Å². The number of nitrogen functional groups attached to an aromatic ring is 1. The molecule has 3 heterocycles. The number of sulfonamides is 1. The van der Waals surface area contributed by atoms with Gasteiger partial charge in [-0.15, -0.1) is 0 Å². The van der Waals surface area contributed by atoms with Gasteiger partial charge in [0.15, 0.2) is 5.82 Å². The summed E-state index contributed by atoms with van der Waals surface area (Å²) in [6.45, 7) is 3.42. The van der Waals surface area contributed by atoms with Gasteiger partial charge in [-0.05, 0) is 49.7 Å². The number of thioether (sulfide) groups is 1. The first kappa shape index (κ1) is 27.3. The number of nitrogens with one attached hydrogen (secondary N) is 2. The fourth-order valence-electron chi connectivity index (χ4n) is 3.56. The molecule has 4 aromatic rings. The first-order valence-corrected chi connectivity index (χ1v) is 13.7. The van der Waals surface area contributed by atoms with Crippen LogP contribution < -0.4 is 15.8 Å². The molecule has 12 nitrogen and oxygen atoms in total. The number of furan rings is 1. The van der Waals surface area contributed by atoms with Crippen LogP contribution in [0.2, 0.25) is 0 Å².